The van der Waals surface area contributed by atoms with E-state index in [1.165, 1.54) is 11.8 Å². The highest BCUT2D eigenvalue weighted by Crippen LogP contribution is 2.17. The van der Waals surface area contributed by atoms with Crippen molar-refractivity contribution in [2.75, 3.05) is 36.2 Å². The molecular weight excluding hydrogens is 280 g/mol. The van der Waals surface area contributed by atoms with E-state index in [9.17, 15) is 4.21 Å². The van der Waals surface area contributed by atoms with Crippen molar-refractivity contribution < 1.29 is 4.21 Å². The van der Waals surface area contributed by atoms with Crippen LogP contribution < -0.4 is 10.6 Å². The third kappa shape index (κ3) is 5.78. The average Bonchev–Trinajstić information content (AvgIpc) is 2.42. The van der Waals surface area contributed by atoms with E-state index in [2.05, 4.69) is 27.5 Å². The fraction of sp³-hybridized carbons (Fsp3) is 0.667. The number of anilines is 2. The molecule has 0 radical (unpaired) electrons. The Morgan fingerprint density at radius 1 is 1.37 bits per heavy atom. The molecule has 108 valence electrons. The summed E-state index contributed by atoms with van der Waals surface area (Å²) in [5, 5.41) is 7.30. The summed E-state index contributed by atoms with van der Waals surface area (Å²) in [5.41, 5.74) is 0. The molecule has 0 bridgehead atoms. The second-order valence-corrected chi connectivity index (χ2v) is 6.82. The Balaban J connectivity index is 2.73. The molecule has 0 spiro atoms. The molecule has 19 heavy (non-hydrogen) atoms. The Bertz CT molecular complexity index is 428. The molecule has 0 aromatic carbocycles. The van der Waals surface area contributed by atoms with Gasteiger partial charge >= 0.3 is 0 Å². The lowest BCUT2D eigenvalue weighted by Crippen LogP contribution is -2.21. The van der Waals surface area contributed by atoms with Crippen LogP contribution in [0, 0.1) is 0 Å². The van der Waals surface area contributed by atoms with Crippen LogP contribution in [0.25, 0.3) is 0 Å². The minimum Gasteiger partial charge on any atom is -0.370 e. The second kappa shape index (κ2) is 8.37. The zero-order chi connectivity index (χ0) is 14.3. The quantitative estimate of drug-likeness (QED) is 0.567. The number of thioether (sulfide) groups is 1. The summed E-state index contributed by atoms with van der Waals surface area (Å²) in [5.74, 6) is 1.60. The summed E-state index contributed by atoms with van der Waals surface area (Å²) in [6, 6.07) is 1.89. The molecule has 1 heterocycles. The monoisotopic (exact) mass is 302 g/mol. The maximum Gasteiger partial charge on any atom is 0.191 e. The first-order chi connectivity index (χ1) is 9.06. The van der Waals surface area contributed by atoms with Gasteiger partial charge in [0.05, 0.1) is 0 Å². The van der Waals surface area contributed by atoms with Crippen molar-refractivity contribution in [3.63, 3.8) is 0 Å². The van der Waals surface area contributed by atoms with Gasteiger partial charge in [0.15, 0.2) is 5.16 Å². The van der Waals surface area contributed by atoms with Gasteiger partial charge < -0.3 is 10.6 Å². The van der Waals surface area contributed by atoms with Crippen LogP contribution in [0.5, 0.6) is 0 Å². The van der Waals surface area contributed by atoms with Gasteiger partial charge in [-0.2, -0.15) is 0 Å². The van der Waals surface area contributed by atoms with E-state index in [4.69, 9.17) is 0 Å². The van der Waals surface area contributed by atoms with Crippen molar-refractivity contribution >= 4 is 34.2 Å². The van der Waals surface area contributed by atoms with Crippen LogP contribution in [0.1, 0.15) is 20.3 Å². The van der Waals surface area contributed by atoms with Gasteiger partial charge in [-0.1, -0.05) is 18.7 Å². The molecular formula is C12H22N4OS2. The number of nitrogens with one attached hydrogen (secondary N) is 2. The molecule has 1 aromatic heterocycles. The van der Waals surface area contributed by atoms with Crippen LogP contribution in [0.2, 0.25) is 0 Å². The summed E-state index contributed by atoms with van der Waals surface area (Å²) in [6.45, 7) is 5.60. The largest absolute Gasteiger partial charge is 0.370 e. The highest BCUT2D eigenvalue weighted by atomic mass is 32.2. The first-order valence-corrected chi connectivity index (χ1v) is 9.14. The predicted molar refractivity (Wildman–Crippen MR) is 84.6 cm³/mol. The van der Waals surface area contributed by atoms with Gasteiger partial charge in [0.1, 0.15) is 11.6 Å². The van der Waals surface area contributed by atoms with Crippen LogP contribution in [0.3, 0.4) is 0 Å². The number of hydrogen-bond donors (Lipinski definition) is 2. The lowest BCUT2D eigenvalue weighted by atomic mass is 10.4. The van der Waals surface area contributed by atoms with Crippen LogP contribution >= 0.6 is 11.8 Å². The molecule has 1 rings (SSSR count). The smallest absolute Gasteiger partial charge is 0.191 e. The van der Waals surface area contributed by atoms with Gasteiger partial charge in [0.2, 0.25) is 0 Å². The van der Waals surface area contributed by atoms with Gasteiger partial charge in [-0.15, -0.1) is 0 Å². The van der Waals surface area contributed by atoms with E-state index in [1.54, 1.807) is 6.26 Å². The Morgan fingerprint density at radius 3 is 2.53 bits per heavy atom. The van der Waals surface area contributed by atoms with Gasteiger partial charge in [0.25, 0.3) is 0 Å². The van der Waals surface area contributed by atoms with E-state index in [-0.39, 0.29) is 5.25 Å². The highest BCUT2D eigenvalue weighted by molar-refractivity contribution is 7.98. The SMILES string of the molecule is CCCNc1cc(NCC(C)S(C)=O)nc(SC)n1. The third-order valence-electron chi connectivity index (χ3n) is 2.58. The molecule has 0 aliphatic rings. The normalized spacial score (nSPS) is 13.9. The number of rotatable bonds is 8. The summed E-state index contributed by atoms with van der Waals surface area (Å²) >= 11 is 1.51. The number of nitrogens with zero attached hydrogens (tertiary/aromatic N) is 2. The van der Waals surface area contributed by atoms with E-state index < -0.39 is 10.8 Å². The number of hydrogen-bond acceptors (Lipinski definition) is 6. The molecule has 2 atom stereocenters. The summed E-state index contributed by atoms with van der Waals surface area (Å²) in [7, 11) is -0.828. The first-order valence-electron chi connectivity index (χ1n) is 6.29. The maximum atomic E-state index is 11.3. The van der Waals surface area contributed by atoms with Crippen molar-refractivity contribution in [3.8, 4) is 0 Å². The van der Waals surface area contributed by atoms with Crippen molar-refractivity contribution in [2.45, 2.75) is 30.7 Å². The minimum atomic E-state index is -0.828. The number of aromatic nitrogens is 2. The van der Waals surface area contributed by atoms with Gasteiger partial charge in [0, 0.05) is 41.5 Å². The lowest BCUT2D eigenvalue weighted by Gasteiger charge is -2.12. The molecule has 2 unspecified atom stereocenters. The van der Waals surface area contributed by atoms with Crippen molar-refractivity contribution in [2.24, 2.45) is 0 Å². The summed E-state index contributed by atoms with van der Waals surface area (Å²) < 4.78 is 11.3. The van der Waals surface area contributed by atoms with Crippen molar-refractivity contribution in [1.82, 2.24) is 9.97 Å². The zero-order valence-corrected chi connectivity index (χ0v) is 13.5. The molecule has 0 amide bonds. The molecule has 0 aliphatic carbocycles. The van der Waals surface area contributed by atoms with E-state index in [0.717, 1.165) is 29.8 Å². The van der Waals surface area contributed by atoms with Crippen LogP contribution in [-0.4, -0.2) is 45.0 Å². The van der Waals surface area contributed by atoms with Gasteiger partial charge in [-0.05, 0) is 19.6 Å². The Labute approximate surface area is 121 Å². The van der Waals surface area contributed by atoms with Crippen molar-refractivity contribution in [1.29, 1.82) is 0 Å². The molecule has 7 heteroatoms. The van der Waals surface area contributed by atoms with Crippen LogP contribution in [0.4, 0.5) is 11.6 Å². The van der Waals surface area contributed by atoms with Crippen LogP contribution in [-0.2, 0) is 10.8 Å². The Kier molecular flexibility index (Phi) is 7.15. The second-order valence-electron chi connectivity index (χ2n) is 4.24. The molecule has 0 aliphatic heterocycles. The molecule has 0 saturated heterocycles. The third-order valence-corrected chi connectivity index (χ3v) is 4.43. The maximum absolute atomic E-state index is 11.3. The van der Waals surface area contributed by atoms with Crippen molar-refractivity contribution in [3.05, 3.63) is 6.07 Å². The molecule has 1 aromatic rings. The summed E-state index contributed by atoms with van der Waals surface area (Å²) in [6.07, 6.45) is 4.72. The molecule has 0 saturated carbocycles. The zero-order valence-electron chi connectivity index (χ0n) is 11.9. The molecule has 5 nitrogen and oxygen atoms in total. The lowest BCUT2D eigenvalue weighted by molar-refractivity contribution is 0.678. The first kappa shape index (κ1) is 16.2. The van der Waals surface area contributed by atoms with E-state index in [1.807, 2.05) is 19.2 Å². The predicted octanol–water partition coefficient (Wildman–Crippen LogP) is 2.20. The van der Waals surface area contributed by atoms with E-state index in [0.29, 0.717) is 6.54 Å². The Hall–Kier alpha value is -0.820. The fourth-order valence-electron chi connectivity index (χ4n) is 1.32. The van der Waals surface area contributed by atoms with Gasteiger partial charge in [-0.25, -0.2) is 9.97 Å². The fourth-order valence-corrected chi connectivity index (χ4v) is 2.01. The van der Waals surface area contributed by atoms with E-state index >= 15 is 0 Å². The highest BCUT2D eigenvalue weighted by Gasteiger charge is 2.08. The summed E-state index contributed by atoms with van der Waals surface area (Å²) in [4.78, 5) is 8.79. The average molecular weight is 302 g/mol. The minimum absolute atomic E-state index is 0.0970. The van der Waals surface area contributed by atoms with Crippen LogP contribution in [0.15, 0.2) is 11.2 Å². The molecule has 0 fully saturated rings. The van der Waals surface area contributed by atoms with Gasteiger partial charge in [-0.3, -0.25) is 4.21 Å². The topological polar surface area (TPSA) is 66.9 Å². The molecule has 2 N–H and O–H groups in total. The Morgan fingerprint density at radius 2 is 2.00 bits per heavy atom. The standard InChI is InChI=1S/C12H22N4OS2/c1-5-6-13-10-7-11(16-12(15-10)18-3)14-8-9(2)19(4)17/h7,9H,5-6,8H2,1-4H3,(H2,13,14,15,16).